The molecular weight excluding hydrogens is 276 g/mol. The van der Waals surface area contributed by atoms with Gasteiger partial charge in [-0.15, -0.1) is 11.8 Å². The van der Waals surface area contributed by atoms with E-state index in [1.807, 2.05) is 13.0 Å². The number of amides is 2. The minimum absolute atomic E-state index is 0.0486. The van der Waals surface area contributed by atoms with E-state index in [9.17, 15) is 14.4 Å². The molecule has 0 saturated carbocycles. The fraction of sp³-hybridized carbons (Fsp3) is 0.357. The SMILES string of the molecule is CCNC(=O)CNC(=O)c1ccccc1SCC(C)=O. The molecule has 1 rings (SSSR count). The lowest BCUT2D eigenvalue weighted by atomic mass is 10.2. The van der Waals surface area contributed by atoms with Crippen molar-refractivity contribution in [3.05, 3.63) is 29.8 Å². The molecule has 2 amide bonds. The van der Waals surface area contributed by atoms with Crippen LogP contribution in [0.3, 0.4) is 0 Å². The van der Waals surface area contributed by atoms with E-state index >= 15 is 0 Å². The molecule has 6 heteroatoms. The second-order valence-electron chi connectivity index (χ2n) is 4.12. The molecule has 108 valence electrons. The van der Waals surface area contributed by atoms with Crippen LogP contribution in [0.5, 0.6) is 0 Å². The Morgan fingerprint density at radius 3 is 2.50 bits per heavy atom. The van der Waals surface area contributed by atoms with Gasteiger partial charge in [-0.2, -0.15) is 0 Å². The van der Waals surface area contributed by atoms with Crippen LogP contribution in [0.1, 0.15) is 24.2 Å². The summed E-state index contributed by atoms with van der Waals surface area (Å²) in [6.07, 6.45) is 0. The van der Waals surface area contributed by atoms with Crippen LogP contribution in [0.25, 0.3) is 0 Å². The summed E-state index contributed by atoms with van der Waals surface area (Å²) in [5.74, 6) is -0.175. The van der Waals surface area contributed by atoms with Gasteiger partial charge in [0.05, 0.1) is 17.9 Å². The molecule has 0 atom stereocenters. The van der Waals surface area contributed by atoms with Crippen molar-refractivity contribution in [1.82, 2.24) is 10.6 Å². The quantitative estimate of drug-likeness (QED) is 0.742. The predicted octanol–water partition coefficient (Wildman–Crippen LogP) is 1.23. The van der Waals surface area contributed by atoms with E-state index in [2.05, 4.69) is 10.6 Å². The van der Waals surface area contributed by atoms with Crippen LogP contribution in [-0.2, 0) is 9.59 Å². The monoisotopic (exact) mass is 294 g/mol. The predicted molar refractivity (Wildman–Crippen MR) is 78.9 cm³/mol. The Labute approximate surface area is 122 Å². The topological polar surface area (TPSA) is 75.3 Å². The maximum Gasteiger partial charge on any atom is 0.252 e. The van der Waals surface area contributed by atoms with Crippen LogP contribution in [-0.4, -0.2) is 36.4 Å². The molecule has 0 radical (unpaired) electrons. The number of hydrogen-bond acceptors (Lipinski definition) is 4. The van der Waals surface area contributed by atoms with Crippen molar-refractivity contribution in [1.29, 1.82) is 0 Å². The molecule has 0 heterocycles. The van der Waals surface area contributed by atoms with Crippen molar-refractivity contribution in [3.63, 3.8) is 0 Å². The molecule has 0 fully saturated rings. The highest BCUT2D eigenvalue weighted by Crippen LogP contribution is 2.22. The number of ketones is 1. The fourth-order valence-corrected chi connectivity index (χ4v) is 2.32. The first-order valence-electron chi connectivity index (χ1n) is 6.30. The molecule has 0 aromatic heterocycles. The van der Waals surface area contributed by atoms with E-state index in [0.29, 0.717) is 17.9 Å². The van der Waals surface area contributed by atoms with Gasteiger partial charge in [0.25, 0.3) is 5.91 Å². The number of benzene rings is 1. The summed E-state index contributed by atoms with van der Waals surface area (Å²) in [4.78, 5) is 35.1. The largest absolute Gasteiger partial charge is 0.355 e. The summed E-state index contributed by atoms with van der Waals surface area (Å²) in [5, 5.41) is 5.17. The Morgan fingerprint density at radius 2 is 1.85 bits per heavy atom. The molecule has 0 aliphatic carbocycles. The first-order chi connectivity index (χ1) is 9.54. The van der Waals surface area contributed by atoms with Gasteiger partial charge in [0.15, 0.2) is 0 Å². The molecule has 0 spiro atoms. The van der Waals surface area contributed by atoms with Crippen LogP contribution in [0, 0.1) is 0 Å². The molecule has 5 nitrogen and oxygen atoms in total. The molecule has 1 aromatic carbocycles. The third-order valence-corrected chi connectivity index (χ3v) is 3.56. The van der Waals surface area contributed by atoms with E-state index < -0.39 is 0 Å². The first kappa shape index (κ1) is 16.2. The third kappa shape index (κ3) is 5.44. The average Bonchev–Trinajstić information content (AvgIpc) is 2.43. The Bertz CT molecular complexity index is 503. The Balaban J connectivity index is 2.67. The van der Waals surface area contributed by atoms with Crippen molar-refractivity contribution in [2.75, 3.05) is 18.8 Å². The molecule has 0 saturated heterocycles. The molecule has 1 aromatic rings. The highest BCUT2D eigenvalue weighted by molar-refractivity contribution is 8.00. The first-order valence-corrected chi connectivity index (χ1v) is 7.29. The van der Waals surface area contributed by atoms with Gasteiger partial charge in [-0.1, -0.05) is 12.1 Å². The standard InChI is InChI=1S/C14H18N2O3S/c1-3-15-13(18)8-16-14(19)11-6-4-5-7-12(11)20-9-10(2)17/h4-7H,3,8-9H2,1-2H3,(H,15,18)(H,16,19). The van der Waals surface area contributed by atoms with Crippen molar-refractivity contribution in [2.24, 2.45) is 0 Å². The van der Waals surface area contributed by atoms with Gasteiger partial charge in [-0.25, -0.2) is 0 Å². The van der Waals surface area contributed by atoms with E-state index in [0.717, 1.165) is 4.90 Å². The van der Waals surface area contributed by atoms with Crippen molar-refractivity contribution in [2.45, 2.75) is 18.7 Å². The van der Waals surface area contributed by atoms with Crippen molar-refractivity contribution < 1.29 is 14.4 Å². The van der Waals surface area contributed by atoms with Gasteiger partial charge in [0.1, 0.15) is 5.78 Å². The lowest BCUT2D eigenvalue weighted by Crippen LogP contribution is -2.36. The van der Waals surface area contributed by atoms with Crippen LogP contribution in [0.2, 0.25) is 0 Å². The van der Waals surface area contributed by atoms with Crippen molar-refractivity contribution in [3.8, 4) is 0 Å². The van der Waals surface area contributed by atoms with Gasteiger partial charge in [0.2, 0.25) is 5.91 Å². The smallest absolute Gasteiger partial charge is 0.252 e. The second-order valence-corrected chi connectivity index (χ2v) is 5.14. The number of nitrogens with one attached hydrogen (secondary N) is 2. The zero-order valence-corrected chi connectivity index (χ0v) is 12.4. The zero-order chi connectivity index (χ0) is 15.0. The van der Waals surface area contributed by atoms with E-state index in [4.69, 9.17) is 0 Å². The highest BCUT2D eigenvalue weighted by Gasteiger charge is 2.12. The maximum atomic E-state index is 12.0. The van der Waals surface area contributed by atoms with E-state index in [1.165, 1.54) is 18.7 Å². The third-order valence-electron chi connectivity index (χ3n) is 2.35. The molecular formula is C14H18N2O3S. The summed E-state index contributed by atoms with van der Waals surface area (Å²) < 4.78 is 0. The Hall–Kier alpha value is -1.82. The number of hydrogen-bond donors (Lipinski definition) is 2. The van der Waals surface area contributed by atoms with Gasteiger partial charge >= 0.3 is 0 Å². The summed E-state index contributed by atoms with van der Waals surface area (Å²) in [6, 6.07) is 7.02. The second kappa shape index (κ2) is 8.37. The summed E-state index contributed by atoms with van der Waals surface area (Å²) in [5.41, 5.74) is 0.475. The van der Waals surface area contributed by atoms with Gasteiger partial charge < -0.3 is 10.6 Å². The van der Waals surface area contributed by atoms with Gasteiger partial charge in [-0.3, -0.25) is 14.4 Å². The van der Waals surface area contributed by atoms with E-state index in [1.54, 1.807) is 18.2 Å². The molecule has 20 heavy (non-hydrogen) atoms. The van der Waals surface area contributed by atoms with Crippen LogP contribution >= 0.6 is 11.8 Å². The van der Waals surface area contributed by atoms with Crippen LogP contribution in [0.15, 0.2) is 29.2 Å². The molecule has 0 aliphatic heterocycles. The number of rotatable bonds is 7. The Kier molecular flexibility index (Phi) is 6.79. The molecule has 0 aliphatic rings. The number of carbonyl (C=O) groups is 3. The van der Waals surface area contributed by atoms with Crippen molar-refractivity contribution >= 4 is 29.4 Å². The Morgan fingerprint density at radius 1 is 1.15 bits per heavy atom. The summed E-state index contributed by atoms with van der Waals surface area (Å²) >= 11 is 1.32. The maximum absolute atomic E-state index is 12.0. The lowest BCUT2D eigenvalue weighted by Gasteiger charge is -2.09. The van der Waals surface area contributed by atoms with Crippen LogP contribution < -0.4 is 10.6 Å². The number of thioether (sulfide) groups is 1. The number of carbonyl (C=O) groups excluding carboxylic acids is 3. The van der Waals surface area contributed by atoms with Crippen LogP contribution in [0.4, 0.5) is 0 Å². The molecule has 0 bridgehead atoms. The molecule has 0 unspecified atom stereocenters. The zero-order valence-electron chi connectivity index (χ0n) is 11.6. The summed E-state index contributed by atoms with van der Waals surface area (Å²) in [6.45, 7) is 3.79. The normalized spacial score (nSPS) is 9.90. The number of Topliss-reactive ketones (excluding diaryl/α,β-unsaturated/α-hetero) is 1. The minimum Gasteiger partial charge on any atom is -0.355 e. The van der Waals surface area contributed by atoms with Gasteiger partial charge in [-0.05, 0) is 26.0 Å². The fourth-order valence-electron chi connectivity index (χ4n) is 1.47. The lowest BCUT2D eigenvalue weighted by molar-refractivity contribution is -0.120. The highest BCUT2D eigenvalue weighted by atomic mass is 32.2. The summed E-state index contributed by atoms with van der Waals surface area (Å²) in [7, 11) is 0. The number of likely N-dealkylation sites (N-methyl/N-ethyl adjacent to an activating group) is 1. The average molecular weight is 294 g/mol. The minimum atomic E-state index is -0.317. The van der Waals surface area contributed by atoms with Gasteiger partial charge in [0, 0.05) is 11.4 Å². The molecule has 2 N–H and O–H groups in total. The van der Waals surface area contributed by atoms with E-state index in [-0.39, 0.29) is 24.1 Å².